The molecule has 1 N–H and O–H groups in total. The van der Waals surface area contributed by atoms with Crippen molar-refractivity contribution in [3.05, 3.63) is 53.7 Å². The van der Waals surface area contributed by atoms with Gasteiger partial charge in [-0.1, -0.05) is 0 Å². The molecule has 1 aromatic heterocycles. The van der Waals surface area contributed by atoms with Crippen molar-refractivity contribution in [1.82, 2.24) is 9.88 Å². The largest absolute Gasteiger partial charge is 0.492 e. The van der Waals surface area contributed by atoms with E-state index in [1.165, 1.54) is 0 Å². The number of aromatic nitrogens is 1. The lowest BCUT2D eigenvalue weighted by Crippen LogP contribution is -2.27. The van der Waals surface area contributed by atoms with Crippen molar-refractivity contribution in [2.24, 2.45) is 5.92 Å². The number of nitriles is 2. The Labute approximate surface area is 153 Å². The van der Waals surface area contributed by atoms with E-state index in [4.69, 9.17) is 15.3 Å². The molecule has 0 bridgehead atoms. The molecule has 1 fully saturated rings. The van der Waals surface area contributed by atoms with Gasteiger partial charge in [-0.25, -0.2) is 4.98 Å². The summed E-state index contributed by atoms with van der Waals surface area (Å²) >= 11 is 0. The van der Waals surface area contributed by atoms with Gasteiger partial charge in [-0.15, -0.1) is 0 Å². The number of hydrogen-bond donors (Lipinski definition) is 1. The van der Waals surface area contributed by atoms with Crippen molar-refractivity contribution in [3.63, 3.8) is 0 Å². The summed E-state index contributed by atoms with van der Waals surface area (Å²) in [4.78, 5) is 6.63. The summed E-state index contributed by atoms with van der Waals surface area (Å²) < 4.78 is 5.75. The first-order valence-electron chi connectivity index (χ1n) is 8.73. The number of ether oxygens (including phenoxy) is 1. The van der Waals surface area contributed by atoms with Gasteiger partial charge in [0.1, 0.15) is 24.2 Å². The zero-order valence-corrected chi connectivity index (χ0v) is 14.6. The second-order valence-corrected chi connectivity index (χ2v) is 6.33. The van der Waals surface area contributed by atoms with Crippen molar-refractivity contribution in [1.29, 1.82) is 10.5 Å². The Morgan fingerprint density at radius 1 is 1.19 bits per heavy atom. The molecule has 0 unspecified atom stereocenters. The van der Waals surface area contributed by atoms with Gasteiger partial charge in [0.2, 0.25) is 0 Å². The molecule has 2 heterocycles. The van der Waals surface area contributed by atoms with Crippen LogP contribution in [0.4, 0.5) is 5.82 Å². The third kappa shape index (κ3) is 4.72. The van der Waals surface area contributed by atoms with E-state index in [0.29, 0.717) is 29.5 Å². The maximum Gasteiger partial charge on any atom is 0.143 e. The highest BCUT2D eigenvalue weighted by Gasteiger charge is 2.22. The van der Waals surface area contributed by atoms with Crippen molar-refractivity contribution >= 4 is 5.82 Å². The highest BCUT2D eigenvalue weighted by Crippen LogP contribution is 2.18. The summed E-state index contributed by atoms with van der Waals surface area (Å²) in [6.07, 6.45) is 2.82. The molecule has 26 heavy (non-hydrogen) atoms. The number of benzene rings is 1. The van der Waals surface area contributed by atoms with Crippen LogP contribution in [0.25, 0.3) is 0 Å². The molecule has 1 saturated heterocycles. The van der Waals surface area contributed by atoms with Crippen molar-refractivity contribution in [2.75, 3.05) is 38.1 Å². The predicted molar refractivity (Wildman–Crippen MR) is 98.6 cm³/mol. The van der Waals surface area contributed by atoms with E-state index in [1.54, 1.807) is 30.5 Å². The Balaban J connectivity index is 1.38. The smallest absolute Gasteiger partial charge is 0.143 e. The maximum atomic E-state index is 9.10. The first-order valence-corrected chi connectivity index (χ1v) is 8.73. The van der Waals surface area contributed by atoms with E-state index in [0.717, 1.165) is 38.3 Å². The van der Waals surface area contributed by atoms with Gasteiger partial charge < -0.3 is 10.1 Å². The van der Waals surface area contributed by atoms with Crippen molar-refractivity contribution in [3.8, 4) is 17.9 Å². The molecule has 3 rings (SSSR count). The molecule has 0 aliphatic carbocycles. The molecule has 1 aromatic carbocycles. The maximum absolute atomic E-state index is 9.10. The minimum atomic E-state index is 0.540. The number of hydrogen-bond acceptors (Lipinski definition) is 6. The summed E-state index contributed by atoms with van der Waals surface area (Å²) in [6.45, 7) is 4.39. The predicted octanol–water partition coefficient (Wildman–Crippen LogP) is 2.64. The van der Waals surface area contributed by atoms with E-state index < -0.39 is 0 Å². The van der Waals surface area contributed by atoms with Crippen LogP contribution < -0.4 is 10.1 Å². The molecule has 2 aromatic rings. The average molecular weight is 347 g/mol. The van der Waals surface area contributed by atoms with Crippen LogP contribution in [0.2, 0.25) is 0 Å². The van der Waals surface area contributed by atoms with Gasteiger partial charge in [0.25, 0.3) is 0 Å². The standard InChI is InChI=1S/C20H21N5O/c21-12-16-3-5-19(6-4-16)26-11-10-25-9-7-17(15-25)14-24-20-18(13-22)2-1-8-23-20/h1-6,8,17H,7,9-11,14-15H2,(H,23,24)/t17-/m0/s1. The Kier molecular flexibility index (Phi) is 6.03. The minimum Gasteiger partial charge on any atom is -0.492 e. The summed E-state index contributed by atoms with van der Waals surface area (Å²) in [5.74, 6) is 2.00. The number of anilines is 1. The SMILES string of the molecule is N#Cc1ccc(OCCN2CC[C@@H](CNc3ncccc3C#N)C2)cc1. The van der Waals surface area contributed by atoms with E-state index in [1.807, 2.05) is 12.1 Å². The quantitative estimate of drug-likeness (QED) is 0.829. The Morgan fingerprint density at radius 2 is 2.04 bits per heavy atom. The molecule has 0 amide bonds. The average Bonchev–Trinajstić information content (AvgIpc) is 3.15. The zero-order chi connectivity index (χ0) is 18.2. The molecule has 0 spiro atoms. The van der Waals surface area contributed by atoms with Crippen LogP contribution in [-0.2, 0) is 0 Å². The first-order chi connectivity index (χ1) is 12.8. The fraction of sp³-hybridized carbons (Fsp3) is 0.350. The number of pyridine rings is 1. The molecule has 6 heteroatoms. The van der Waals surface area contributed by atoms with E-state index in [-0.39, 0.29) is 0 Å². The van der Waals surface area contributed by atoms with Gasteiger partial charge in [0, 0.05) is 25.8 Å². The highest BCUT2D eigenvalue weighted by molar-refractivity contribution is 5.51. The van der Waals surface area contributed by atoms with Crippen LogP contribution in [0, 0.1) is 28.6 Å². The van der Waals surface area contributed by atoms with Crippen LogP contribution in [0.3, 0.4) is 0 Å². The monoisotopic (exact) mass is 347 g/mol. The van der Waals surface area contributed by atoms with Gasteiger partial charge in [-0.05, 0) is 55.3 Å². The fourth-order valence-corrected chi connectivity index (χ4v) is 3.08. The van der Waals surface area contributed by atoms with Crippen LogP contribution in [0.5, 0.6) is 5.75 Å². The molecule has 132 valence electrons. The number of nitrogens with zero attached hydrogens (tertiary/aromatic N) is 4. The lowest BCUT2D eigenvalue weighted by molar-refractivity contribution is 0.233. The molecule has 0 saturated carbocycles. The normalized spacial score (nSPS) is 16.6. The second kappa shape index (κ2) is 8.84. The number of likely N-dealkylation sites (tertiary alicyclic amines) is 1. The van der Waals surface area contributed by atoms with Gasteiger partial charge >= 0.3 is 0 Å². The zero-order valence-electron chi connectivity index (χ0n) is 14.6. The molecule has 0 radical (unpaired) electrons. The van der Waals surface area contributed by atoms with Gasteiger partial charge in [-0.2, -0.15) is 10.5 Å². The van der Waals surface area contributed by atoms with E-state index >= 15 is 0 Å². The van der Waals surface area contributed by atoms with Gasteiger partial charge in [0.15, 0.2) is 0 Å². The van der Waals surface area contributed by atoms with Crippen LogP contribution >= 0.6 is 0 Å². The van der Waals surface area contributed by atoms with Gasteiger partial charge in [-0.3, -0.25) is 4.90 Å². The highest BCUT2D eigenvalue weighted by atomic mass is 16.5. The Bertz CT molecular complexity index is 806. The lowest BCUT2D eigenvalue weighted by Gasteiger charge is -2.17. The van der Waals surface area contributed by atoms with Crippen molar-refractivity contribution in [2.45, 2.75) is 6.42 Å². The molecule has 6 nitrogen and oxygen atoms in total. The summed E-state index contributed by atoms with van der Waals surface area (Å²) in [5.41, 5.74) is 1.22. The van der Waals surface area contributed by atoms with Crippen LogP contribution in [-0.4, -0.2) is 42.7 Å². The van der Waals surface area contributed by atoms with Crippen molar-refractivity contribution < 1.29 is 4.74 Å². The van der Waals surface area contributed by atoms with E-state index in [9.17, 15) is 0 Å². The fourth-order valence-electron chi connectivity index (χ4n) is 3.08. The number of nitrogens with one attached hydrogen (secondary N) is 1. The van der Waals surface area contributed by atoms with Crippen LogP contribution in [0.15, 0.2) is 42.6 Å². The third-order valence-corrected chi connectivity index (χ3v) is 4.52. The topological polar surface area (TPSA) is 85.0 Å². The molecule has 1 aliphatic heterocycles. The molecule has 1 atom stereocenters. The summed E-state index contributed by atoms with van der Waals surface area (Å²) in [5, 5.41) is 21.2. The Hall–Kier alpha value is -3.09. The second-order valence-electron chi connectivity index (χ2n) is 6.33. The van der Waals surface area contributed by atoms with E-state index in [2.05, 4.69) is 27.3 Å². The van der Waals surface area contributed by atoms with Crippen LogP contribution in [0.1, 0.15) is 17.5 Å². The summed E-state index contributed by atoms with van der Waals surface area (Å²) in [6, 6.07) is 15.0. The van der Waals surface area contributed by atoms with Gasteiger partial charge in [0.05, 0.1) is 17.2 Å². The third-order valence-electron chi connectivity index (χ3n) is 4.52. The summed E-state index contributed by atoms with van der Waals surface area (Å²) in [7, 11) is 0. The first kappa shape index (κ1) is 17.7. The molecular formula is C20H21N5O. The Morgan fingerprint density at radius 3 is 2.81 bits per heavy atom. The molecule has 1 aliphatic rings. The lowest BCUT2D eigenvalue weighted by atomic mass is 10.1. The minimum absolute atomic E-state index is 0.540. The number of rotatable bonds is 7. The molecular weight excluding hydrogens is 326 g/mol.